The molecule has 0 bridgehead atoms. The summed E-state index contributed by atoms with van der Waals surface area (Å²) in [7, 11) is 2.04. The second kappa shape index (κ2) is 8.15. The van der Waals surface area contributed by atoms with Gasteiger partial charge in [0.25, 0.3) is 0 Å². The molecule has 1 aromatic carbocycles. The third-order valence-corrected chi connectivity index (χ3v) is 5.52. The summed E-state index contributed by atoms with van der Waals surface area (Å²) in [5.74, 6) is -0.245. The minimum atomic E-state index is -0.245. The van der Waals surface area contributed by atoms with E-state index in [1.54, 1.807) is 12.1 Å². The number of aliphatic hydroxyl groups is 1. The molecule has 0 saturated carbocycles. The summed E-state index contributed by atoms with van der Waals surface area (Å²) in [6, 6.07) is 6.72. The normalized spacial score (nSPS) is 27.5. The Morgan fingerprint density at radius 2 is 2.00 bits per heavy atom. The standard InChI is InChI=1S/C19H28FN3O2/c1-22-12-9-17(18(22)14-5-7-15(20)8-6-14)21-19(25)23-11-3-2-4-16(23)10-13-24/h5-8,16-18,24H,2-4,9-13H2,1H3,(H,21,25)/t16-,17-,18+/m0/s1. The first-order valence-electron chi connectivity index (χ1n) is 9.24. The van der Waals surface area contributed by atoms with Crippen molar-refractivity contribution in [2.45, 2.75) is 50.2 Å². The zero-order valence-electron chi connectivity index (χ0n) is 14.8. The van der Waals surface area contributed by atoms with Gasteiger partial charge in [-0.2, -0.15) is 0 Å². The molecule has 2 N–H and O–H groups in total. The van der Waals surface area contributed by atoms with Gasteiger partial charge in [-0.1, -0.05) is 12.1 Å². The molecule has 6 heteroatoms. The summed E-state index contributed by atoms with van der Waals surface area (Å²) in [5, 5.41) is 12.5. The lowest BCUT2D eigenvalue weighted by Crippen LogP contribution is -2.52. The number of amides is 2. The lowest BCUT2D eigenvalue weighted by Gasteiger charge is -2.37. The van der Waals surface area contributed by atoms with Gasteiger partial charge in [-0.25, -0.2) is 9.18 Å². The Bertz CT molecular complexity index is 579. The van der Waals surface area contributed by atoms with Crippen LogP contribution < -0.4 is 5.32 Å². The Morgan fingerprint density at radius 1 is 1.24 bits per heavy atom. The van der Waals surface area contributed by atoms with Crippen molar-refractivity contribution in [1.82, 2.24) is 15.1 Å². The highest BCUT2D eigenvalue weighted by molar-refractivity contribution is 5.75. The van der Waals surface area contributed by atoms with E-state index in [4.69, 9.17) is 0 Å². The van der Waals surface area contributed by atoms with Crippen molar-refractivity contribution in [1.29, 1.82) is 0 Å². The molecular formula is C19H28FN3O2. The highest BCUT2D eigenvalue weighted by Gasteiger charge is 2.36. The minimum Gasteiger partial charge on any atom is -0.396 e. The van der Waals surface area contributed by atoms with E-state index < -0.39 is 0 Å². The van der Waals surface area contributed by atoms with Crippen molar-refractivity contribution in [3.63, 3.8) is 0 Å². The van der Waals surface area contributed by atoms with Crippen LogP contribution in [0.4, 0.5) is 9.18 Å². The van der Waals surface area contributed by atoms with E-state index in [9.17, 15) is 14.3 Å². The fourth-order valence-corrected chi connectivity index (χ4v) is 4.20. The molecule has 5 nitrogen and oxygen atoms in total. The zero-order valence-corrected chi connectivity index (χ0v) is 14.8. The molecule has 138 valence electrons. The van der Waals surface area contributed by atoms with Gasteiger partial charge in [0.15, 0.2) is 0 Å². The first kappa shape index (κ1) is 18.1. The Hall–Kier alpha value is -1.66. The van der Waals surface area contributed by atoms with Crippen molar-refractivity contribution >= 4 is 6.03 Å². The van der Waals surface area contributed by atoms with Gasteiger partial charge >= 0.3 is 6.03 Å². The van der Waals surface area contributed by atoms with Crippen LogP contribution in [-0.2, 0) is 0 Å². The van der Waals surface area contributed by atoms with Crippen LogP contribution in [0.3, 0.4) is 0 Å². The second-order valence-electron chi connectivity index (χ2n) is 7.18. The Balaban J connectivity index is 1.69. The third-order valence-electron chi connectivity index (χ3n) is 5.52. The van der Waals surface area contributed by atoms with Crippen LogP contribution in [0.2, 0.25) is 0 Å². The van der Waals surface area contributed by atoms with Gasteiger partial charge < -0.3 is 15.3 Å². The van der Waals surface area contributed by atoms with E-state index in [0.29, 0.717) is 6.42 Å². The first-order valence-corrected chi connectivity index (χ1v) is 9.24. The number of hydrogen-bond donors (Lipinski definition) is 2. The highest BCUT2D eigenvalue weighted by atomic mass is 19.1. The molecular weight excluding hydrogens is 321 g/mol. The number of benzene rings is 1. The number of aliphatic hydroxyl groups excluding tert-OH is 1. The average molecular weight is 349 g/mol. The van der Waals surface area contributed by atoms with Crippen LogP contribution in [0.25, 0.3) is 0 Å². The molecule has 0 radical (unpaired) electrons. The number of carbonyl (C=O) groups is 1. The monoisotopic (exact) mass is 349 g/mol. The number of likely N-dealkylation sites (tertiary alicyclic amines) is 2. The fourth-order valence-electron chi connectivity index (χ4n) is 4.20. The number of halogens is 1. The zero-order chi connectivity index (χ0) is 17.8. The van der Waals surface area contributed by atoms with Crippen LogP contribution in [-0.4, -0.2) is 59.8 Å². The SMILES string of the molecule is CN1CC[C@H](NC(=O)N2CCCC[C@H]2CCO)[C@H]1c1ccc(F)cc1. The van der Waals surface area contributed by atoms with Crippen LogP contribution in [0, 0.1) is 5.82 Å². The summed E-state index contributed by atoms with van der Waals surface area (Å²) in [6.07, 6.45) is 4.60. The molecule has 0 aromatic heterocycles. The third kappa shape index (κ3) is 4.12. The van der Waals surface area contributed by atoms with Crippen LogP contribution in [0.5, 0.6) is 0 Å². The lowest BCUT2D eigenvalue weighted by atomic mass is 9.99. The maximum atomic E-state index is 13.2. The van der Waals surface area contributed by atoms with E-state index in [1.807, 2.05) is 11.9 Å². The van der Waals surface area contributed by atoms with Gasteiger partial charge in [0.05, 0.1) is 12.1 Å². The van der Waals surface area contributed by atoms with Crippen molar-refractivity contribution in [2.75, 3.05) is 26.7 Å². The number of rotatable bonds is 4. The van der Waals surface area contributed by atoms with E-state index >= 15 is 0 Å². The Labute approximate surface area is 148 Å². The quantitative estimate of drug-likeness (QED) is 0.878. The van der Waals surface area contributed by atoms with Crippen LogP contribution >= 0.6 is 0 Å². The molecule has 1 aromatic rings. The number of urea groups is 1. The van der Waals surface area contributed by atoms with E-state index in [-0.39, 0.29) is 36.6 Å². The largest absolute Gasteiger partial charge is 0.396 e. The van der Waals surface area contributed by atoms with Gasteiger partial charge in [0.1, 0.15) is 5.82 Å². The molecule has 2 amide bonds. The molecule has 2 aliphatic rings. The molecule has 0 aliphatic carbocycles. The van der Waals surface area contributed by atoms with Gasteiger partial charge in [-0.15, -0.1) is 0 Å². The van der Waals surface area contributed by atoms with Gasteiger partial charge in [0, 0.05) is 25.7 Å². The summed E-state index contributed by atoms with van der Waals surface area (Å²) in [5.41, 5.74) is 1.03. The topological polar surface area (TPSA) is 55.8 Å². The lowest BCUT2D eigenvalue weighted by molar-refractivity contribution is 0.128. The molecule has 2 saturated heterocycles. The van der Waals surface area contributed by atoms with Crippen molar-refractivity contribution in [3.05, 3.63) is 35.6 Å². The molecule has 25 heavy (non-hydrogen) atoms. The molecule has 0 unspecified atom stereocenters. The number of hydrogen-bond acceptors (Lipinski definition) is 3. The molecule has 3 rings (SSSR count). The summed E-state index contributed by atoms with van der Waals surface area (Å²) in [6.45, 7) is 1.76. The Morgan fingerprint density at radius 3 is 2.72 bits per heavy atom. The predicted molar refractivity (Wildman–Crippen MR) is 94.8 cm³/mol. The summed E-state index contributed by atoms with van der Waals surface area (Å²) >= 11 is 0. The number of piperidine rings is 1. The molecule has 2 fully saturated rings. The highest BCUT2D eigenvalue weighted by Crippen LogP contribution is 2.31. The Kier molecular flexibility index (Phi) is 5.91. The molecule has 0 spiro atoms. The van der Waals surface area contributed by atoms with Gasteiger partial charge in [-0.3, -0.25) is 4.90 Å². The number of likely N-dealkylation sites (N-methyl/N-ethyl adjacent to an activating group) is 1. The minimum absolute atomic E-state index is 0.0136. The summed E-state index contributed by atoms with van der Waals surface area (Å²) < 4.78 is 13.2. The predicted octanol–water partition coefficient (Wildman–Crippen LogP) is 2.52. The summed E-state index contributed by atoms with van der Waals surface area (Å²) in [4.78, 5) is 16.9. The van der Waals surface area contributed by atoms with E-state index in [1.165, 1.54) is 12.1 Å². The molecule has 3 atom stereocenters. The number of carbonyl (C=O) groups excluding carboxylic acids is 1. The maximum Gasteiger partial charge on any atom is 0.317 e. The van der Waals surface area contributed by atoms with Gasteiger partial charge in [-0.05, 0) is 56.8 Å². The maximum absolute atomic E-state index is 13.2. The first-order chi connectivity index (χ1) is 12.1. The molecule has 2 heterocycles. The fraction of sp³-hybridized carbons (Fsp3) is 0.632. The van der Waals surface area contributed by atoms with Gasteiger partial charge in [0.2, 0.25) is 0 Å². The van der Waals surface area contributed by atoms with E-state index in [2.05, 4.69) is 10.2 Å². The number of nitrogens with one attached hydrogen (secondary N) is 1. The average Bonchev–Trinajstić information content (AvgIpc) is 2.97. The van der Waals surface area contributed by atoms with Crippen molar-refractivity contribution in [2.24, 2.45) is 0 Å². The van der Waals surface area contributed by atoms with E-state index in [0.717, 1.165) is 44.3 Å². The number of nitrogens with zero attached hydrogens (tertiary/aromatic N) is 2. The van der Waals surface area contributed by atoms with Crippen LogP contribution in [0.15, 0.2) is 24.3 Å². The second-order valence-corrected chi connectivity index (χ2v) is 7.18. The van der Waals surface area contributed by atoms with Crippen molar-refractivity contribution in [3.8, 4) is 0 Å². The van der Waals surface area contributed by atoms with Crippen molar-refractivity contribution < 1.29 is 14.3 Å². The molecule has 2 aliphatic heterocycles. The van der Waals surface area contributed by atoms with Crippen LogP contribution in [0.1, 0.15) is 43.7 Å². The smallest absolute Gasteiger partial charge is 0.317 e.